The van der Waals surface area contributed by atoms with Crippen LogP contribution >= 0.6 is 0 Å². The van der Waals surface area contributed by atoms with E-state index >= 15 is 0 Å². The molecule has 0 saturated carbocycles. The highest BCUT2D eigenvalue weighted by Gasteiger charge is 2.17. The number of benzene rings is 1. The molecule has 2 rings (SSSR count). The van der Waals surface area contributed by atoms with E-state index in [1.165, 1.54) is 18.4 Å². The normalized spacial score (nSPS) is 20.9. The second-order valence-electron chi connectivity index (χ2n) is 5.72. The molecule has 1 saturated heterocycles. The van der Waals surface area contributed by atoms with Gasteiger partial charge in [0, 0.05) is 18.2 Å². The second kappa shape index (κ2) is 6.93. The zero-order valence-corrected chi connectivity index (χ0v) is 14.0. The van der Waals surface area contributed by atoms with Gasteiger partial charge in [-0.25, -0.2) is 0 Å². The molecule has 0 N–H and O–H groups in total. The Morgan fingerprint density at radius 3 is 2.80 bits per heavy atom. The molecule has 0 aromatic heterocycles. The number of hydrogen-bond acceptors (Lipinski definition) is 2. The number of para-hydroxylation sites is 1. The van der Waals surface area contributed by atoms with Crippen LogP contribution in [0.2, 0.25) is 13.1 Å². The number of aliphatic imine (C=N–C) groups is 1. The first kappa shape index (κ1) is 15.1. The van der Waals surface area contributed by atoms with Crippen LogP contribution in [-0.4, -0.2) is 32.9 Å². The van der Waals surface area contributed by atoms with Gasteiger partial charge < -0.3 is 9.33 Å². The Hall–Kier alpha value is -1.29. The van der Waals surface area contributed by atoms with Crippen LogP contribution in [0, 0.1) is 0 Å². The van der Waals surface area contributed by atoms with Crippen LogP contribution in [-0.2, 0) is 0 Å². The molecule has 2 unspecified atom stereocenters. The summed E-state index contributed by atoms with van der Waals surface area (Å²) in [4.78, 5) is 7.07. The first-order valence-electron chi connectivity index (χ1n) is 7.44. The van der Waals surface area contributed by atoms with Gasteiger partial charge in [-0.15, -0.1) is 0 Å². The van der Waals surface area contributed by atoms with Crippen molar-refractivity contribution in [2.45, 2.75) is 51.9 Å². The minimum absolute atomic E-state index is 0.139. The third-order valence-corrected chi connectivity index (χ3v) is 4.35. The number of nitrogens with zero attached hydrogens (tertiary/aromatic N) is 2. The van der Waals surface area contributed by atoms with Gasteiger partial charge in [-0.2, -0.15) is 0 Å². The van der Waals surface area contributed by atoms with Gasteiger partial charge >= 0.3 is 0 Å². The van der Waals surface area contributed by atoms with Gasteiger partial charge in [0.05, 0.1) is 12.4 Å². The van der Waals surface area contributed by atoms with E-state index in [1.54, 1.807) is 0 Å². The van der Waals surface area contributed by atoms with Crippen LogP contribution in [0.25, 0.3) is 0 Å². The van der Waals surface area contributed by atoms with Gasteiger partial charge in [-0.3, -0.25) is 4.99 Å². The van der Waals surface area contributed by atoms with Crippen molar-refractivity contribution >= 4 is 15.4 Å². The highest BCUT2D eigenvalue weighted by molar-refractivity contribution is 6.49. The third-order valence-electron chi connectivity index (χ3n) is 3.73. The topological polar surface area (TPSA) is 24.8 Å². The summed E-state index contributed by atoms with van der Waals surface area (Å²) in [5, 5.41) is 0. The number of likely N-dealkylation sites (tertiary alicyclic amines) is 1. The fourth-order valence-corrected chi connectivity index (χ4v) is 3.16. The summed E-state index contributed by atoms with van der Waals surface area (Å²) >= 11 is 0. The van der Waals surface area contributed by atoms with Crippen LogP contribution in [0.5, 0.6) is 5.75 Å². The predicted molar refractivity (Wildman–Crippen MR) is 86.9 cm³/mol. The summed E-state index contributed by atoms with van der Waals surface area (Å²) in [7, 11) is -0.743. The molecule has 1 aliphatic heterocycles. The summed E-state index contributed by atoms with van der Waals surface area (Å²) in [6, 6.07) is 9.03. The average molecular weight is 289 g/mol. The van der Waals surface area contributed by atoms with Crippen molar-refractivity contribution in [2.24, 2.45) is 4.99 Å². The van der Waals surface area contributed by atoms with E-state index in [1.807, 2.05) is 12.4 Å². The Morgan fingerprint density at radius 1 is 1.40 bits per heavy atom. The van der Waals surface area contributed by atoms with Crippen molar-refractivity contribution in [3.05, 3.63) is 29.8 Å². The number of hydrogen-bond donors (Lipinski definition) is 0. The van der Waals surface area contributed by atoms with E-state index in [0.29, 0.717) is 6.04 Å². The minimum atomic E-state index is -0.743. The third kappa shape index (κ3) is 3.85. The van der Waals surface area contributed by atoms with E-state index in [9.17, 15) is 0 Å². The molecule has 109 valence electrons. The summed E-state index contributed by atoms with van der Waals surface area (Å²) in [6.45, 7) is 9.84. The van der Waals surface area contributed by atoms with Crippen molar-refractivity contribution in [3.63, 3.8) is 0 Å². The zero-order valence-electron chi connectivity index (χ0n) is 13.0. The average Bonchev–Trinajstić information content (AvgIpc) is 2.81. The molecule has 0 bridgehead atoms. The molecule has 1 aromatic rings. The summed E-state index contributed by atoms with van der Waals surface area (Å²) < 4.78 is 5.97. The van der Waals surface area contributed by atoms with Crippen LogP contribution in [0.3, 0.4) is 0 Å². The highest BCUT2D eigenvalue weighted by atomic mass is 28.3. The van der Waals surface area contributed by atoms with E-state index < -0.39 is 9.04 Å². The van der Waals surface area contributed by atoms with Gasteiger partial charge in [0.2, 0.25) is 0 Å². The lowest BCUT2D eigenvalue weighted by Crippen LogP contribution is -2.25. The van der Waals surface area contributed by atoms with Gasteiger partial charge in [0.1, 0.15) is 5.75 Å². The van der Waals surface area contributed by atoms with Crippen LogP contribution in [0.4, 0.5) is 0 Å². The SMILES string of the molecule is CC(N=CN1CCCC1C)c1ccccc1O[Si](C)C. The van der Waals surface area contributed by atoms with E-state index in [-0.39, 0.29) is 6.04 Å². The molecule has 20 heavy (non-hydrogen) atoms. The molecular formula is C16H25N2OSi. The Balaban J connectivity index is 2.08. The summed E-state index contributed by atoms with van der Waals surface area (Å²) in [5.74, 6) is 0.991. The number of rotatable bonds is 5. The molecule has 1 aliphatic rings. The molecule has 0 aliphatic carbocycles. The molecular weight excluding hydrogens is 264 g/mol. The standard InChI is InChI=1S/C16H25N2OSi/c1-13-8-7-11-18(13)12-17-14(2)15-9-5-6-10-16(15)19-20(3)4/h5-6,9-10,12-14H,7-8,11H2,1-4H3. The highest BCUT2D eigenvalue weighted by Crippen LogP contribution is 2.28. The van der Waals surface area contributed by atoms with Gasteiger partial charge in [0.15, 0.2) is 0 Å². The molecule has 0 amide bonds. The van der Waals surface area contributed by atoms with E-state index in [0.717, 1.165) is 12.3 Å². The Kier molecular flexibility index (Phi) is 5.23. The predicted octanol–water partition coefficient (Wildman–Crippen LogP) is 3.89. The van der Waals surface area contributed by atoms with Crippen molar-refractivity contribution in [1.82, 2.24) is 4.90 Å². The molecule has 1 heterocycles. The minimum Gasteiger partial charge on any atom is -0.542 e. The van der Waals surface area contributed by atoms with Crippen molar-refractivity contribution in [1.29, 1.82) is 0 Å². The molecule has 2 atom stereocenters. The van der Waals surface area contributed by atoms with Crippen molar-refractivity contribution < 1.29 is 4.43 Å². The smallest absolute Gasteiger partial charge is 0.274 e. The Morgan fingerprint density at radius 2 is 2.15 bits per heavy atom. The lowest BCUT2D eigenvalue weighted by Gasteiger charge is -2.20. The van der Waals surface area contributed by atoms with Crippen LogP contribution < -0.4 is 4.43 Å². The maximum atomic E-state index is 5.97. The Bertz CT molecular complexity index is 462. The monoisotopic (exact) mass is 289 g/mol. The quantitative estimate of drug-likeness (QED) is 0.467. The molecule has 1 aromatic carbocycles. The van der Waals surface area contributed by atoms with Crippen LogP contribution in [0.15, 0.2) is 29.3 Å². The van der Waals surface area contributed by atoms with Crippen molar-refractivity contribution in [3.8, 4) is 5.75 Å². The van der Waals surface area contributed by atoms with Crippen LogP contribution in [0.1, 0.15) is 38.3 Å². The first-order valence-corrected chi connectivity index (χ1v) is 9.84. The molecule has 1 fully saturated rings. The molecule has 3 nitrogen and oxygen atoms in total. The van der Waals surface area contributed by atoms with Gasteiger partial charge in [-0.1, -0.05) is 18.2 Å². The lowest BCUT2D eigenvalue weighted by molar-refractivity contribution is 0.424. The van der Waals surface area contributed by atoms with Gasteiger partial charge in [-0.05, 0) is 45.8 Å². The van der Waals surface area contributed by atoms with E-state index in [2.05, 4.69) is 50.0 Å². The Labute approximate surface area is 124 Å². The second-order valence-corrected chi connectivity index (χ2v) is 7.74. The van der Waals surface area contributed by atoms with E-state index in [4.69, 9.17) is 9.42 Å². The zero-order chi connectivity index (χ0) is 14.5. The molecule has 0 spiro atoms. The van der Waals surface area contributed by atoms with Gasteiger partial charge in [0.25, 0.3) is 9.04 Å². The maximum Gasteiger partial charge on any atom is 0.274 e. The summed E-state index contributed by atoms with van der Waals surface area (Å²) in [6.07, 6.45) is 4.58. The fraction of sp³-hybridized carbons (Fsp3) is 0.562. The van der Waals surface area contributed by atoms with Crippen molar-refractivity contribution in [2.75, 3.05) is 6.54 Å². The largest absolute Gasteiger partial charge is 0.542 e. The molecule has 1 radical (unpaired) electrons. The fourth-order valence-electron chi connectivity index (χ4n) is 2.53. The summed E-state index contributed by atoms with van der Waals surface area (Å²) in [5.41, 5.74) is 1.18. The first-order chi connectivity index (χ1) is 9.58. The lowest BCUT2D eigenvalue weighted by atomic mass is 10.1. The molecule has 4 heteroatoms. The maximum absolute atomic E-state index is 5.97.